The van der Waals surface area contributed by atoms with Gasteiger partial charge in [-0.05, 0) is 30.7 Å². The molecule has 2 aromatic heterocycles. The Balaban J connectivity index is 2.38. The molecule has 0 aromatic carbocycles. The maximum atomic E-state index is 11.8. The van der Waals surface area contributed by atoms with E-state index < -0.39 is 0 Å². The fourth-order valence-corrected chi connectivity index (χ4v) is 2.60. The maximum absolute atomic E-state index is 11.8. The van der Waals surface area contributed by atoms with Crippen LogP contribution in [-0.4, -0.2) is 24.6 Å². The molecule has 0 saturated heterocycles. The third-order valence-corrected chi connectivity index (χ3v) is 3.62. The van der Waals surface area contributed by atoms with E-state index in [-0.39, 0.29) is 5.97 Å². The highest BCUT2D eigenvalue weighted by Crippen LogP contribution is 2.35. The summed E-state index contributed by atoms with van der Waals surface area (Å²) in [5.74, 6) is -0.293. The van der Waals surface area contributed by atoms with Crippen molar-refractivity contribution in [2.24, 2.45) is 0 Å². The summed E-state index contributed by atoms with van der Waals surface area (Å²) in [7, 11) is 1.80. The van der Waals surface area contributed by atoms with E-state index in [9.17, 15) is 4.79 Å². The van der Waals surface area contributed by atoms with Crippen molar-refractivity contribution in [1.82, 2.24) is 4.98 Å². The Labute approximate surface area is 110 Å². The van der Waals surface area contributed by atoms with Gasteiger partial charge in [0.2, 0.25) is 0 Å². The second-order valence-corrected chi connectivity index (χ2v) is 4.61. The molecule has 2 heterocycles. The molecule has 0 saturated carbocycles. The van der Waals surface area contributed by atoms with E-state index in [1.54, 1.807) is 26.4 Å². The number of hydrogen-bond donors (Lipinski definition) is 1. The van der Waals surface area contributed by atoms with Crippen LogP contribution in [0.3, 0.4) is 0 Å². The molecule has 0 radical (unpaired) electrons. The van der Waals surface area contributed by atoms with E-state index in [0.29, 0.717) is 12.2 Å². The van der Waals surface area contributed by atoms with Crippen molar-refractivity contribution in [2.45, 2.75) is 6.92 Å². The van der Waals surface area contributed by atoms with E-state index in [2.05, 4.69) is 10.3 Å². The van der Waals surface area contributed by atoms with E-state index >= 15 is 0 Å². The van der Waals surface area contributed by atoms with Gasteiger partial charge in [-0.15, -0.1) is 11.3 Å². The van der Waals surface area contributed by atoms with Crippen LogP contribution in [0, 0.1) is 0 Å². The van der Waals surface area contributed by atoms with Crippen LogP contribution in [0.2, 0.25) is 0 Å². The Morgan fingerprint density at radius 1 is 1.44 bits per heavy atom. The van der Waals surface area contributed by atoms with Crippen molar-refractivity contribution < 1.29 is 9.53 Å². The van der Waals surface area contributed by atoms with Gasteiger partial charge < -0.3 is 10.1 Å². The molecular weight excluding hydrogens is 248 g/mol. The SMILES string of the molecule is CCOC(=O)c1cc(-c2ccncc2)sc1NC. The van der Waals surface area contributed by atoms with Crippen LogP contribution in [0.4, 0.5) is 5.00 Å². The van der Waals surface area contributed by atoms with Crippen LogP contribution >= 0.6 is 11.3 Å². The number of aromatic nitrogens is 1. The van der Waals surface area contributed by atoms with Gasteiger partial charge in [-0.2, -0.15) is 0 Å². The highest BCUT2D eigenvalue weighted by atomic mass is 32.1. The van der Waals surface area contributed by atoms with Gasteiger partial charge in [0.05, 0.1) is 12.2 Å². The highest BCUT2D eigenvalue weighted by Gasteiger charge is 2.16. The largest absolute Gasteiger partial charge is 0.462 e. The first-order valence-electron chi connectivity index (χ1n) is 5.65. The smallest absolute Gasteiger partial charge is 0.341 e. The van der Waals surface area contributed by atoms with Gasteiger partial charge in [-0.1, -0.05) is 0 Å². The standard InChI is InChI=1S/C13H14N2O2S/c1-3-17-13(16)10-8-11(18-12(10)14-2)9-4-6-15-7-5-9/h4-8,14H,3H2,1-2H3. The van der Waals surface area contributed by atoms with Crippen molar-refractivity contribution >= 4 is 22.3 Å². The molecule has 5 heteroatoms. The lowest BCUT2D eigenvalue weighted by Crippen LogP contribution is -2.05. The summed E-state index contributed by atoms with van der Waals surface area (Å²) < 4.78 is 5.04. The van der Waals surface area contributed by atoms with Gasteiger partial charge in [0.15, 0.2) is 0 Å². The van der Waals surface area contributed by atoms with Gasteiger partial charge in [0.1, 0.15) is 5.00 Å². The predicted molar refractivity (Wildman–Crippen MR) is 73.1 cm³/mol. The molecule has 0 bridgehead atoms. The van der Waals surface area contributed by atoms with Crippen molar-refractivity contribution in [3.8, 4) is 10.4 Å². The number of thiophene rings is 1. The molecule has 0 aliphatic rings. The number of anilines is 1. The van der Waals surface area contributed by atoms with E-state index in [1.165, 1.54) is 11.3 Å². The Morgan fingerprint density at radius 3 is 2.78 bits per heavy atom. The summed E-state index contributed by atoms with van der Waals surface area (Å²) >= 11 is 1.53. The number of esters is 1. The second kappa shape index (κ2) is 5.64. The first-order valence-corrected chi connectivity index (χ1v) is 6.47. The van der Waals surface area contributed by atoms with Gasteiger partial charge >= 0.3 is 5.97 Å². The number of carbonyl (C=O) groups is 1. The minimum absolute atomic E-state index is 0.293. The number of rotatable bonds is 4. The van der Waals surface area contributed by atoms with Crippen LogP contribution in [0.1, 0.15) is 17.3 Å². The zero-order chi connectivity index (χ0) is 13.0. The van der Waals surface area contributed by atoms with Crippen molar-refractivity contribution in [2.75, 3.05) is 19.0 Å². The molecule has 0 atom stereocenters. The normalized spacial score (nSPS) is 10.1. The molecule has 0 fully saturated rings. The number of carbonyl (C=O) groups excluding carboxylic acids is 1. The molecule has 94 valence electrons. The van der Waals surface area contributed by atoms with Crippen LogP contribution in [0.25, 0.3) is 10.4 Å². The maximum Gasteiger partial charge on any atom is 0.341 e. The third-order valence-electron chi connectivity index (χ3n) is 2.42. The lowest BCUT2D eigenvalue weighted by atomic mass is 10.2. The average molecular weight is 262 g/mol. The average Bonchev–Trinajstić information content (AvgIpc) is 2.84. The molecule has 4 nitrogen and oxygen atoms in total. The molecule has 2 rings (SSSR count). The minimum atomic E-state index is -0.293. The van der Waals surface area contributed by atoms with Crippen LogP contribution in [0.5, 0.6) is 0 Å². The summed E-state index contributed by atoms with van der Waals surface area (Å²) in [5.41, 5.74) is 1.62. The van der Waals surface area contributed by atoms with Crippen molar-refractivity contribution in [1.29, 1.82) is 0 Å². The van der Waals surface area contributed by atoms with Gasteiger partial charge in [0.25, 0.3) is 0 Å². The molecule has 1 N–H and O–H groups in total. The molecule has 0 amide bonds. The summed E-state index contributed by atoms with van der Waals surface area (Å²) in [4.78, 5) is 16.8. The Bertz CT molecular complexity index is 537. The number of nitrogens with zero attached hydrogens (tertiary/aromatic N) is 1. The summed E-state index contributed by atoms with van der Waals surface area (Å²) in [6.45, 7) is 2.18. The van der Waals surface area contributed by atoms with Crippen molar-refractivity contribution in [3.05, 3.63) is 36.2 Å². The zero-order valence-corrected chi connectivity index (χ0v) is 11.1. The number of nitrogens with one attached hydrogen (secondary N) is 1. The predicted octanol–water partition coefficient (Wildman–Crippen LogP) is 3.03. The van der Waals surface area contributed by atoms with Gasteiger partial charge in [-0.25, -0.2) is 4.79 Å². The van der Waals surface area contributed by atoms with Crippen molar-refractivity contribution in [3.63, 3.8) is 0 Å². The van der Waals surface area contributed by atoms with Crippen LogP contribution in [0.15, 0.2) is 30.6 Å². The first kappa shape index (κ1) is 12.6. The summed E-state index contributed by atoms with van der Waals surface area (Å²) in [6.07, 6.45) is 3.47. The van der Waals surface area contributed by atoms with Crippen LogP contribution < -0.4 is 5.32 Å². The zero-order valence-electron chi connectivity index (χ0n) is 10.3. The quantitative estimate of drug-likeness (QED) is 0.860. The molecule has 2 aromatic rings. The number of pyridine rings is 1. The topological polar surface area (TPSA) is 51.2 Å². The lowest BCUT2D eigenvalue weighted by Gasteiger charge is -2.01. The lowest BCUT2D eigenvalue weighted by molar-refractivity contribution is 0.0528. The molecule has 18 heavy (non-hydrogen) atoms. The van der Waals surface area contributed by atoms with E-state index in [0.717, 1.165) is 15.4 Å². The van der Waals surface area contributed by atoms with Gasteiger partial charge in [-0.3, -0.25) is 4.98 Å². The Kier molecular flexibility index (Phi) is 3.94. The molecule has 0 unspecified atom stereocenters. The summed E-state index contributed by atoms with van der Waals surface area (Å²) in [6, 6.07) is 5.68. The first-order chi connectivity index (χ1) is 8.76. The minimum Gasteiger partial charge on any atom is -0.462 e. The monoisotopic (exact) mass is 262 g/mol. The molecule has 0 aliphatic heterocycles. The van der Waals surface area contributed by atoms with E-state index in [1.807, 2.05) is 18.2 Å². The number of hydrogen-bond acceptors (Lipinski definition) is 5. The number of ether oxygens (including phenoxy) is 1. The fraction of sp³-hybridized carbons (Fsp3) is 0.231. The molecular formula is C13H14N2O2S. The summed E-state index contributed by atoms with van der Waals surface area (Å²) in [5, 5.41) is 3.85. The fourth-order valence-electron chi connectivity index (χ4n) is 1.60. The van der Waals surface area contributed by atoms with E-state index in [4.69, 9.17) is 4.74 Å². The van der Waals surface area contributed by atoms with Crippen LogP contribution in [-0.2, 0) is 4.74 Å². The Hall–Kier alpha value is -1.88. The Morgan fingerprint density at radius 2 is 2.17 bits per heavy atom. The highest BCUT2D eigenvalue weighted by molar-refractivity contribution is 7.19. The van der Waals surface area contributed by atoms with Gasteiger partial charge in [0, 0.05) is 24.3 Å². The second-order valence-electron chi connectivity index (χ2n) is 3.56. The molecule has 0 spiro atoms. The third kappa shape index (κ3) is 2.51. The molecule has 0 aliphatic carbocycles.